The van der Waals surface area contributed by atoms with E-state index in [2.05, 4.69) is 19.3 Å². The van der Waals surface area contributed by atoms with Crippen molar-refractivity contribution in [3.8, 4) is 0 Å². The van der Waals surface area contributed by atoms with Gasteiger partial charge in [0.05, 0.1) is 13.6 Å². The molecule has 0 rings (SSSR count). The molecule has 0 aromatic rings. The van der Waals surface area contributed by atoms with Crippen molar-refractivity contribution in [2.45, 2.75) is 110 Å². The molecule has 0 aliphatic rings. The van der Waals surface area contributed by atoms with Gasteiger partial charge in [0.15, 0.2) is 0 Å². The summed E-state index contributed by atoms with van der Waals surface area (Å²) in [5.74, 6) is 0. The SMILES string of the molecule is CCCCCCCCCCCCCCCCCC[NH2+]C. The second-order valence-corrected chi connectivity index (χ2v) is 6.50. The smallest absolute Gasteiger partial charge is 0.0753 e. The molecule has 0 spiro atoms. The molecule has 0 aliphatic carbocycles. The van der Waals surface area contributed by atoms with Gasteiger partial charge in [-0.3, -0.25) is 0 Å². The molecule has 0 bridgehead atoms. The fourth-order valence-corrected chi connectivity index (χ4v) is 2.90. The Kier molecular flexibility index (Phi) is 18.9. The molecule has 1 nitrogen and oxygen atoms in total. The molecule has 20 heavy (non-hydrogen) atoms. The first kappa shape index (κ1) is 20.0. The summed E-state index contributed by atoms with van der Waals surface area (Å²) in [6, 6.07) is 0. The van der Waals surface area contributed by atoms with E-state index in [9.17, 15) is 0 Å². The van der Waals surface area contributed by atoms with Crippen LogP contribution in [0, 0.1) is 0 Å². The first-order valence-corrected chi connectivity index (χ1v) is 9.69. The third kappa shape index (κ3) is 18.0. The zero-order chi connectivity index (χ0) is 14.7. The second kappa shape index (κ2) is 19.0. The summed E-state index contributed by atoms with van der Waals surface area (Å²) in [4.78, 5) is 0. The maximum atomic E-state index is 2.30. The molecule has 122 valence electrons. The van der Waals surface area contributed by atoms with E-state index in [1.807, 2.05) is 0 Å². The highest BCUT2D eigenvalue weighted by Gasteiger charge is 1.94. The van der Waals surface area contributed by atoms with Gasteiger partial charge < -0.3 is 5.32 Å². The van der Waals surface area contributed by atoms with E-state index >= 15 is 0 Å². The van der Waals surface area contributed by atoms with Gasteiger partial charge in [-0.25, -0.2) is 0 Å². The van der Waals surface area contributed by atoms with Gasteiger partial charge in [0.2, 0.25) is 0 Å². The standard InChI is InChI=1S/C19H41N/c1-3-4-5-6-7-8-9-10-11-12-13-14-15-16-17-18-19-20-2/h20H,3-19H2,1-2H3/p+1. The van der Waals surface area contributed by atoms with Crippen LogP contribution in [-0.4, -0.2) is 13.6 Å². The van der Waals surface area contributed by atoms with Crippen LogP contribution in [0.3, 0.4) is 0 Å². The molecule has 2 N–H and O–H groups in total. The predicted molar refractivity (Wildman–Crippen MR) is 92.3 cm³/mol. The zero-order valence-corrected chi connectivity index (χ0v) is 14.6. The number of unbranched alkanes of at least 4 members (excludes halogenated alkanes) is 15. The maximum absolute atomic E-state index is 2.30. The van der Waals surface area contributed by atoms with Gasteiger partial charge in [-0.1, -0.05) is 96.8 Å². The third-order valence-electron chi connectivity index (χ3n) is 4.35. The molecule has 1 heteroatoms. The highest BCUT2D eigenvalue weighted by atomic mass is 14.8. The lowest BCUT2D eigenvalue weighted by atomic mass is 10.0. The van der Waals surface area contributed by atoms with E-state index in [0.29, 0.717) is 0 Å². The molecule has 0 heterocycles. The van der Waals surface area contributed by atoms with Gasteiger partial charge >= 0.3 is 0 Å². The number of nitrogens with two attached hydrogens (primary N) is 1. The Bertz CT molecular complexity index is 138. The fourth-order valence-electron chi connectivity index (χ4n) is 2.90. The van der Waals surface area contributed by atoms with Crippen LogP contribution in [0.2, 0.25) is 0 Å². The van der Waals surface area contributed by atoms with Gasteiger partial charge in [-0.05, 0) is 12.8 Å². The van der Waals surface area contributed by atoms with Crippen molar-refractivity contribution in [2.75, 3.05) is 13.6 Å². The Labute approximate surface area is 129 Å². The Hall–Kier alpha value is -0.0400. The van der Waals surface area contributed by atoms with Crippen LogP contribution >= 0.6 is 0 Å². The quantitative estimate of drug-likeness (QED) is 0.342. The van der Waals surface area contributed by atoms with Crippen LogP contribution in [-0.2, 0) is 0 Å². The normalized spacial score (nSPS) is 11.1. The topological polar surface area (TPSA) is 16.6 Å². The Morgan fingerprint density at radius 2 is 0.750 bits per heavy atom. The van der Waals surface area contributed by atoms with Crippen molar-refractivity contribution in [3.63, 3.8) is 0 Å². The van der Waals surface area contributed by atoms with E-state index in [4.69, 9.17) is 0 Å². The lowest BCUT2D eigenvalue weighted by molar-refractivity contribution is -0.627. The summed E-state index contributed by atoms with van der Waals surface area (Å²) in [6.45, 7) is 3.61. The van der Waals surface area contributed by atoms with Crippen molar-refractivity contribution in [2.24, 2.45) is 0 Å². The largest absolute Gasteiger partial charge is 0.349 e. The van der Waals surface area contributed by atoms with E-state index in [1.54, 1.807) is 0 Å². The Balaban J connectivity index is 2.89. The highest BCUT2D eigenvalue weighted by molar-refractivity contribution is 4.49. The van der Waals surface area contributed by atoms with Crippen molar-refractivity contribution < 1.29 is 5.32 Å². The van der Waals surface area contributed by atoms with Gasteiger partial charge in [0.1, 0.15) is 0 Å². The number of hydrogen-bond acceptors (Lipinski definition) is 0. The first-order valence-electron chi connectivity index (χ1n) is 9.69. The lowest BCUT2D eigenvalue weighted by Crippen LogP contribution is -2.79. The third-order valence-corrected chi connectivity index (χ3v) is 4.35. The minimum Gasteiger partial charge on any atom is -0.349 e. The van der Waals surface area contributed by atoms with E-state index < -0.39 is 0 Å². The first-order chi connectivity index (χ1) is 9.91. The van der Waals surface area contributed by atoms with Crippen LogP contribution in [0.5, 0.6) is 0 Å². The number of hydrogen-bond donors (Lipinski definition) is 1. The Morgan fingerprint density at radius 1 is 0.450 bits per heavy atom. The summed E-state index contributed by atoms with van der Waals surface area (Å²) in [5, 5.41) is 2.30. The monoisotopic (exact) mass is 284 g/mol. The van der Waals surface area contributed by atoms with Crippen LogP contribution in [0.1, 0.15) is 110 Å². The molecule has 0 unspecified atom stereocenters. The van der Waals surface area contributed by atoms with E-state index in [1.165, 1.54) is 109 Å². The minimum atomic E-state index is 1.32. The lowest BCUT2D eigenvalue weighted by Gasteiger charge is -2.03. The molecule has 0 saturated carbocycles. The van der Waals surface area contributed by atoms with Crippen molar-refractivity contribution in [1.82, 2.24) is 0 Å². The van der Waals surface area contributed by atoms with E-state index in [0.717, 1.165) is 0 Å². The molecular formula is C19H42N+. The van der Waals surface area contributed by atoms with Crippen LogP contribution < -0.4 is 5.32 Å². The average molecular weight is 285 g/mol. The molecular weight excluding hydrogens is 242 g/mol. The molecule has 0 aliphatic heterocycles. The fraction of sp³-hybridized carbons (Fsp3) is 1.00. The van der Waals surface area contributed by atoms with Gasteiger partial charge in [0.25, 0.3) is 0 Å². The molecule has 0 radical (unpaired) electrons. The maximum Gasteiger partial charge on any atom is 0.0753 e. The molecule has 0 amide bonds. The summed E-state index contributed by atoms with van der Waals surface area (Å²) >= 11 is 0. The molecule has 0 saturated heterocycles. The number of rotatable bonds is 17. The van der Waals surface area contributed by atoms with Crippen molar-refractivity contribution >= 4 is 0 Å². The number of quaternary nitrogens is 1. The summed E-state index contributed by atoms with van der Waals surface area (Å²) < 4.78 is 0. The average Bonchev–Trinajstić information content (AvgIpc) is 2.47. The van der Waals surface area contributed by atoms with E-state index in [-0.39, 0.29) is 0 Å². The highest BCUT2D eigenvalue weighted by Crippen LogP contribution is 2.13. The summed E-state index contributed by atoms with van der Waals surface area (Å²) in [7, 11) is 2.17. The van der Waals surface area contributed by atoms with Crippen molar-refractivity contribution in [3.05, 3.63) is 0 Å². The van der Waals surface area contributed by atoms with Crippen molar-refractivity contribution in [1.29, 1.82) is 0 Å². The van der Waals surface area contributed by atoms with Crippen LogP contribution in [0.25, 0.3) is 0 Å². The summed E-state index contributed by atoms with van der Waals surface area (Å²) in [6.07, 6.45) is 23.4. The molecule has 0 fully saturated rings. The van der Waals surface area contributed by atoms with Gasteiger partial charge in [0, 0.05) is 0 Å². The Morgan fingerprint density at radius 3 is 1.05 bits per heavy atom. The summed E-state index contributed by atoms with van der Waals surface area (Å²) in [5.41, 5.74) is 0. The van der Waals surface area contributed by atoms with Gasteiger partial charge in [-0.15, -0.1) is 0 Å². The molecule has 0 aromatic heterocycles. The molecule has 0 atom stereocenters. The van der Waals surface area contributed by atoms with Crippen LogP contribution in [0.15, 0.2) is 0 Å². The van der Waals surface area contributed by atoms with Crippen LogP contribution in [0.4, 0.5) is 0 Å². The second-order valence-electron chi connectivity index (χ2n) is 6.50. The predicted octanol–water partition coefficient (Wildman–Crippen LogP) is 5.44. The minimum absolute atomic E-state index is 1.32. The zero-order valence-electron chi connectivity index (χ0n) is 14.6. The molecule has 0 aromatic carbocycles. The van der Waals surface area contributed by atoms with Gasteiger partial charge in [-0.2, -0.15) is 0 Å².